The van der Waals surface area contributed by atoms with Gasteiger partial charge in [0.25, 0.3) is 5.91 Å². The van der Waals surface area contributed by atoms with Gasteiger partial charge in [0.1, 0.15) is 5.37 Å². The normalized spacial score (nSPS) is 16.1. The van der Waals surface area contributed by atoms with Crippen molar-refractivity contribution in [3.8, 4) is 11.5 Å². The molecule has 1 heterocycles. The van der Waals surface area contributed by atoms with E-state index in [-0.39, 0.29) is 23.7 Å². The highest BCUT2D eigenvalue weighted by molar-refractivity contribution is 7.99. The maximum Gasteiger partial charge on any atom is 0.251 e. The zero-order chi connectivity index (χ0) is 19.2. The molecule has 0 saturated carbocycles. The average Bonchev–Trinajstić information content (AvgIpc) is 3.21. The molecule has 6 nitrogen and oxygen atoms in total. The molecule has 142 valence electrons. The summed E-state index contributed by atoms with van der Waals surface area (Å²) in [5.74, 6) is 1.77. The Morgan fingerprint density at radius 3 is 2.56 bits per heavy atom. The van der Waals surface area contributed by atoms with Crippen LogP contribution >= 0.6 is 11.8 Å². The summed E-state index contributed by atoms with van der Waals surface area (Å²) >= 11 is 1.69. The van der Waals surface area contributed by atoms with E-state index < -0.39 is 0 Å². The third kappa shape index (κ3) is 4.36. The van der Waals surface area contributed by atoms with Crippen LogP contribution in [0.1, 0.15) is 21.3 Å². The van der Waals surface area contributed by atoms with Crippen LogP contribution < -0.4 is 14.8 Å². The third-order valence-corrected chi connectivity index (χ3v) is 5.60. The molecule has 3 rings (SSSR count). The first-order chi connectivity index (χ1) is 13.1. The van der Waals surface area contributed by atoms with Crippen LogP contribution in [0, 0.1) is 0 Å². The van der Waals surface area contributed by atoms with E-state index >= 15 is 0 Å². The molecular weight excluding hydrogens is 364 g/mol. The van der Waals surface area contributed by atoms with Crippen molar-refractivity contribution in [3.63, 3.8) is 0 Å². The van der Waals surface area contributed by atoms with E-state index in [4.69, 9.17) is 9.47 Å². The maximum absolute atomic E-state index is 12.7. The Balaban J connectivity index is 1.67. The maximum atomic E-state index is 12.7. The highest BCUT2D eigenvalue weighted by Crippen LogP contribution is 2.40. The van der Waals surface area contributed by atoms with Crippen molar-refractivity contribution in [1.29, 1.82) is 0 Å². The summed E-state index contributed by atoms with van der Waals surface area (Å²) in [7, 11) is 3.18. The summed E-state index contributed by atoms with van der Waals surface area (Å²) in [5, 5.41) is 2.60. The number of nitrogens with one attached hydrogen (secondary N) is 1. The summed E-state index contributed by atoms with van der Waals surface area (Å²) in [6.07, 6.45) is 0. The molecule has 0 radical (unpaired) electrons. The second kappa shape index (κ2) is 8.81. The number of benzene rings is 2. The number of thioether (sulfide) groups is 1. The number of rotatable bonds is 6. The van der Waals surface area contributed by atoms with Crippen LogP contribution in [0.4, 0.5) is 0 Å². The Morgan fingerprint density at radius 2 is 1.85 bits per heavy atom. The lowest BCUT2D eigenvalue weighted by Gasteiger charge is -2.25. The van der Waals surface area contributed by atoms with E-state index in [9.17, 15) is 9.59 Å². The summed E-state index contributed by atoms with van der Waals surface area (Å²) in [5.41, 5.74) is 1.51. The van der Waals surface area contributed by atoms with Gasteiger partial charge in [-0.25, -0.2) is 0 Å². The van der Waals surface area contributed by atoms with Crippen LogP contribution in [0.15, 0.2) is 48.5 Å². The van der Waals surface area contributed by atoms with Crippen LogP contribution in [-0.2, 0) is 4.79 Å². The van der Waals surface area contributed by atoms with E-state index in [0.29, 0.717) is 23.6 Å². The second-order valence-electron chi connectivity index (χ2n) is 5.97. The van der Waals surface area contributed by atoms with Gasteiger partial charge in [0.2, 0.25) is 5.91 Å². The minimum absolute atomic E-state index is 0.0297. The lowest BCUT2D eigenvalue weighted by molar-refractivity contribution is -0.130. The molecule has 1 aliphatic rings. The summed E-state index contributed by atoms with van der Waals surface area (Å²) in [6.45, 7) is 0.613. The SMILES string of the molecule is COc1ccc(C2SCCN2C(=O)CNC(=O)c2ccccc2)cc1OC. The Labute approximate surface area is 162 Å². The Bertz CT molecular complexity index is 813. The van der Waals surface area contributed by atoms with E-state index in [1.807, 2.05) is 24.3 Å². The van der Waals surface area contributed by atoms with Gasteiger partial charge in [0, 0.05) is 17.9 Å². The zero-order valence-electron chi connectivity index (χ0n) is 15.3. The molecule has 1 atom stereocenters. The summed E-state index contributed by atoms with van der Waals surface area (Å²) in [4.78, 5) is 26.6. The monoisotopic (exact) mass is 386 g/mol. The molecule has 1 fully saturated rings. The lowest BCUT2D eigenvalue weighted by atomic mass is 10.1. The molecule has 0 spiro atoms. The Kier molecular flexibility index (Phi) is 6.24. The van der Waals surface area contributed by atoms with Crippen molar-refractivity contribution in [2.24, 2.45) is 0 Å². The number of ether oxygens (including phenoxy) is 2. The second-order valence-corrected chi connectivity index (χ2v) is 7.16. The Morgan fingerprint density at radius 1 is 1.11 bits per heavy atom. The average molecular weight is 386 g/mol. The lowest BCUT2D eigenvalue weighted by Crippen LogP contribution is -2.39. The first-order valence-electron chi connectivity index (χ1n) is 8.60. The predicted molar refractivity (Wildman–Crippen MR) is 105 cm³/mol. The van der Waals surface area contributed by atoms with Crippen molar-refractivity contribution in [1.82, 2.24) is 10.2 Å². The molecule has 1 saturated heterocycles. The van der Waals surface area contributed by atoms with Crippen LogP contribution in [-0.4, -0.2) is 49.8 Å². The number of amides is 2. The van der Waals surface area contributed by atoms with E-state index in [2.05, 4.69) is 5.32 Å². The van der Waals surface area contributed by atoms with Crippen LogP contribution in [0.25, 0.3) is 0 Å². The first kappa shape index (κ1) is 19.1. The number of hydrogen-bond acceptors (Lipinski definition) is 5. The highest BCUT2D eigenvalue weighted by atomic mass is 32.2. The summed E-state index contributed by atoms with van der Waals surface area (Å²) < 4.78 is 10.6. The van der Waals surface area contributed by atoms with Crippen LogP contribution in [0.5, 0.6) is 11.5 Å². The molecule has 2 aromatic carbocycles. The van der Waals surface area contributed by atoms with Crippen molar-refractivity contribution in [2.45, 2.75) is 5.37 Å². The van der Waals surface area contributed by atoms with E-state index in [1.54, 1.807) is 55.1 Å². The van der Waals surface area contributed by atoms with Crippen LogP contribution in [0.2, 0.25) is 0 Å². The molecule has 1 N–H and O–H groups in total. The minimum Gasteiger partial charge on any atom is -0.493 e. The van der Waals surface area contributed by atoms with Crippen molar-refractivity contribution in [3.05, 3.63) is 59.7 Å². The molecule has 7 heteroatoms. The predicted octanol–water partition coefficient (Wildman–Crippen LogP) is 2.71. The fourth-order valence-corrected chi connectivity index (χ4v) is 4.22. The van der Waals surface area contributed by atoms with Crippen molar-refractivity contribution < 1.29 is 19.1 Å². The Hall–Kier alpha value is -2.67. The fourth-order valence-electron chi connectivity index (χ4n) is 2.96. The molecule has 2 aromatic rings. The molecule has 27 heavy (non-hydrogen) atoms. The molecule has 2 amide bonds. The third-order valence-electron chi connectivity index (χ3n) is 4.34. The number of hydrogen-bond donors (Lipinski definition) is 1. The van der Waals surface area contributed by atoms with Gasteiger partial charge in [-0.05, 0) is 29.8 Å². The number of carbonyl (C=O) groups is 2. The van der Waals surface area contributed by atoms with Crippen LogP contribution in [0.3, 0.4) is 0 Å². The minimum atomic E-state index is -0.251. The molecular formula is C20H22N2O4S. The topological polar surface area (TPSA) is 67.9 Å². The van der Waals surface area contributed by atoms with Gasteiger partial charge in [-0.15, -0.1) is 11.8 Å². The molecule has 0 aliphatic carbocycles. The van der Waals surface area contributed by atoms with Gasteiger partial charge in [0.05, 0.1) is 20.8 Å². The summed E-state index contributed by atoms with van der Waals surface area (Å²) in [6, 6.07) is 14.5. The van der Waals surface area contributed by atoms with E-state index in [1.165, 1.54) is 0 Å². The largest absolute Gasteiger partial charge is 0.493 e. The smallest absolute Gasteiger partial charge is 0.251 e. The van der Waals surface area contributed by atoms with Gasteiger partial charge >= 0.3 is 0 Å². The van der Waals surface area contributed by atoms with Gasteiger partial charge in [0.15, 0.2) is 11.5 Å². The van der Waals surface area contributed by atoms with Crippen molar-refractivity contribution >= 4 is 23.6 Å². The number of carbonyl (C=O) groups excluding carboxylic acids is 2. The first-order valence-corrected chi connectivity index (χ1v) is 9.65. The quantitative estimate of drug-likeness (QED) is 0.827. The number of methoxy groups -OCH3 is 2. The molecule has 1 unspecified atom stereocenters. The van der Waals surface area contributed by atoms with Crippen molar-refractivity contribution in [2.75, 3.05) is 33.1 Å². The molecule has 0 bridgehead atoms. The molecule has 1 aliphatic heterocycles. The standard InChI is InChI=1S/C20H22N2O4S/c1-25-16-9-8-15(12-17(16)26-2)20-22(10-11-27-20)18(23)13-21-19(24)14-6-4-3-5-7-14/h3-9,12,20H,10-11,13H2,1-2H3,(H,21,24). The zero-order valence-corrected chi connectivity index (χ0v) is 16.1. The molecule has 0 aromatic heterocycles. The highest BCUT2D eigenvalue weighted by Gasteiger charge is 2.31. The van der Waals surface area contributed by atoms with E-state index in [0.717, 1.165) is 11.3 Å². The van der Waals surface area contributed by atoms with Gasteiger partial charge < -0.3 is 19.7 Å². The fraction of sp³-hybridized carbons (Fsp3) is 0.300. The van der Waals surface area contributed by atoms with Gasteiger partial charge in [-0.3, -0.25) is 9.59 Å². The van der Waals surface area contributed by atoms with Gasteiger partial charge in [-0.1, -0.05) is 24.3 Å². The number of nitrogens with zero attached hydrogens (tertiary/aromatic N) is 1. The van der Waals surface area contributed by atoms with Gasteiger partial charge in [-0.2, -0.15) is 0 Å².